The van der Waals surface area contributed by atoms with Gasteiger partial charge in [0.25, 0.3) is 5.91 Å². The highest BCUT2D eigenvalue weighted by atomic mass is 16.2. The van der Waals surface area contributed by atoms with Crippen molar-refractivity contribution in [3.8, 4) is 0 Å². The summed E-state index contributed by atoms with van der Waals surface area (Å²) in [6.07, 6.45) is 1.76. The molecule has 1 aromatic heterocycles. The van der Waals surface area contributed by atoms with Crippen molar-refractivity contribution in [2.45, 2.75) is 32.9 Å². The van der Waals surface area contributed by atoms with E-state index in [0.29, 0.717) is 12.2 Å². The second kappa shape index (κ2) is 2.34. The highest BCUT2D eigenvalue weighted by Gasteiger charge is 2.29. The highest BCUT2D eigenvalue weighted by molar-refractivity contribution is 5.96. The third kappa shape index (κ3) is 1.13. The largest absolute Gasteiger partial charge is 0.346 e. The second-order valence-corrected chi connectivity index (χ2v) is 4.28. The van der Waals surface area contributed by atoms with E-state index in [9.17, 15) is 4.79 Å². The smallest absolute Gasteiger partial charge is 0.270 e. The molecule has 0 fully saturated rings. The predicted octanol–water partition coefficient (Wildman–Crippen LogP) is 0.881. The Morgan fingerprint density at radius 3 is 2.85 bits per heavy atom. The lowest BCUT2D eigenvalue weighted by atomic mass is 10.1. The number of fused-ring (bicyclic) bond motifs is 1. The van der Waals surface area contributed by atoms with Gasteiger partial charge in [-0.2, -0.15) is 5.10 Å². The normalized spacial score (nSPS) is 15.8. The van der Waals surface area contributed by atoms with Crippen molar-refractivity contribution in [3.63, 3.8) is 0 Å². The molecule has 0 bridgehead atoms. The van der Waals surface area contributed by atoms with Gasteiger partial charge in [-0.15, -0.1) is 0 Å². The van der Waals surface area contributed by atoms with Crippen molar-refractivity contribution in [2.24, 2.45) is 0 Å². The summed E-state index contributed by atoms with van der Waals surface area (Å²) in [6, 6.07) is 0. The number of aromatic nitrogens is 2. The van der Waals surface area contributed by atoms with Crippen LogP contribution in [0.4, 0.5) is 0 Å². The Balaban J connectivity index is 2.56. The molecule has 0 aromatic carbocycles. The first-order chi connectivity index (χ1) is 6.00. The van der Waals surface area contributed by atoms with Crippen LogP contribution in [0.2, 0.25) is 0 Å². The zero-order chi connectivity index (χ0) is 9.64. The minimum absolute atomic E-state index is 0.0116. The van der Waals surface area contributed by atoms with Gasteiger partial charge in [-0.1, -0.05) is 0 Å². The Labute approximate surface area is 76.9 Å². The Morgan fingerprint density at radius 2 is 2.23 bits per heavy atom. The topological polar surface area (TPSA) is 46.9 Å². The average Bonchev–Trinajstić information content (AvgIpc) is 2.51. The number of hydrogen-bond acceptors (Lipinski definition) is 2. The number of carbonyl (C=O) groups is 1. The summed E-state index contributed by atoms with van der Waals surface area (Å²) in [5.74, 6) is -0.0116. The van der Waals surface area contributed by atoms with Crippen molar-refractivity contribution < 1.29 is 4.79 Å². The molecular formula is C9H13N3O. The van der Waals surface area contributed by atoms with Crippen molar-refractivity contribution in [1.29, 1.82) is 0 Å². The number of nitrogens with zero attached hydrogens (tertiary/aromatic N) is 2. The molecule has 1 aromatic rings. The zero-order valence-electron chi connectivity index (χ0n) is 8.09. The molecule has 2 heterocycles. The molecule has 4 nitrogen and oxygen atoms in total. The van der Waals surface area contributed by atoms with Gasteiger partial charge in [-0.3, -0.25) is 9.48 Å². The summed E-state index contributed by atoms with van der Waals surface area (Å²) < 4.78 is 1.78. The van der Waals surface area contributed by atoms with Gasteiger partial charge in [0, 0.05) is 12.1 Å². The minimum atomic E-state index is -0.130. The Hall–Kier alpha value is -1.32. The van der Waals surface area contributed by atoms with E-state index in [1.165, 1.54) is 0 Å². The molecule has 2 rings (SSSR count). The first-order valence-corrected chi connectivity index (χ1v) is 4.36. The van der Waals surface area contributed by atoms with Crippen LogP contribution in [0.25, 0.3) is 0 Å². The van der Waals surface area contributed by atoms with Crippen molar-refractivity contribution in [2.75, 3.05) is 0 Å². The van der Waals surface area contributed by atoms with Crippen LogP contribution in [0, 0.1) is 0 Å². The van der Waals surface area contributed by atoms with Crippen LogP contribution in [0.3, 0.4) is 0 Å². The van der Waals surface area contributed by atoms with Gasteiger partial charge in [-0.25, -0.2) is 0 Å². The summed E-state index contributed by atoms with van der Waals surface area (Å²) in [4.78, 5) is 11.4. The molecule has 1 aliphatic rings. The van der Waals surface area contributed by atoms with Crippen LogP contribution in [-0.2, 0) is 12.1 Å². The van der Waals surface area contributed by atoms with Crippen LogP contribution in [0.15, 0.2) is 6.20 Å². The van der Waals surface area contributed by atoms with E-state index in [1.807, 2.05) is 20.8 Å². The number of nitrogens with one attached hydrogen (secondary N) is 1. The quantitative estimate of drug-likeness (QED) is 0.642. The minimum Gasteiger partial charge on any atom is -0.346 e. The SMILES string of the molecule is CC(C)(C)n1ncc2c1C(=O)NC2. The van der Waals surface area contributed by atoms with E-state index < -0.39 is 0 Å². The molecule has 0 aliphatic carbocycles. The number of rotatable bonds is 0. The fraction of sp³-hybridized carbons (Fsp3) is 0.556. The van der Waals surface area contributed by atoms with E-state index in [4.69, 9.17) is 0 Å². The Bertz CT molecular complexity index is 359. The van der Waals surface area contributed by atoms with Crippen LogP contribution in [0.1, 0.15) is 36.8 Å². The number of amides is 1. The Morgan fingerprint density at radius 1 is 1.54 bits per heavy atom. The predicted molar refractivity (Wildman–Crippen MR) is 48.4 cm³/mol. The maximum atomic E-state index is 11.4. The molecule has 0 spiro atoms. The molecule has 1 N–H and O–H groups in total. The molecule has 0 saturated carbocycles. The van der Waals surface area contributed by atoms with E-state index in [1.54, 1.807) is 10.9 Å². The monoisotopic (exact) mass is 179 g/mol. The van der Waals surface area contributed by atoms with Crippen LogP contribution in [-0.4, -0.2) is 15.7 Å². The molecule has 1 aliphatic heterocycles. The fourth-order valence-corrected chi connectivity index (χ4v) is 1.52. The second-order valence-electron chi connectivity index (χ2n) is 4.28. The summed E-state index contributed by atoms with van der Waals surface area (Å²) in [5, 5.41) is 6.99. The van der Waals surface area contributed by atoms with E-state index in [2.05, 4.69) is 10.4 Å². The lowest BCUT2D eigenvalue weighted by Gasteiger charge is -2.20. The molecule has 0 unspecified atom stereocenters. The summed E-state index contributed by atoms with van der Waals surface area (Å²) in [6.45, 7) is 6.72. The number of carbonyl (C=O) groups excluding carboxylic acids is 1. The van der Waals surface area contributed by atoms with E-state index >= 15 is 0 Å². The van der Waals surface area contributed by atoms with E-state index in [-0.39, 0.29) is 11.4 Å². The van der Waals surface area contributed by atoms with Gasteiger partial charge in [0.2, 0.25) is 0 Å². The molecule has 0 atom stereocenters. The van der Waals surface area contributed by atoms with Crippen molar-refractivity contribution >= 4 is 5.91 Å². The lowest BCUT2D eigenvalue weighted by molar-refractivity contribution is 0.0948. The third-order valence-electron chi connectivity index (χ3n) is 2.13. The van der Waals surface area contributed by atoms with Gasteiger partial charge in [-0.05, 0) is 20.8 Å². The molecule has 1 amide bonds. The molecule has 4 heteroatoms. The highest BCUT2D eigenvalue weighted by Crippen LogP contribution is 2.21. The first kappa shape index (κ1) is 8.29. The molecule has 0 radical (unpaired) electrons. The van der Waals surface area contributed by atoms with Gasteiger partial charge in [0.05, 0.1) is 11.7 Å². The molecular weight excluding hydrogens is 166 g/mol. The maximum Gasteiger partial charge on any atom is 0.270 e. The summed E-state index contributed by atoms with van der Waals surface area (Å²) >= 11 is 0. The standard InChI is InChI=1S/C9H13N3O/c1-9(2,3)12-7-6(5-11-12)4-10-8(7)13/h5H,4H2,1-3H3,(H,10,13). The molecule has 0 saturated heterocycles. The fourth-order valence-electron chi connectivity index (χ4n) is 1.52. The third-order valence-corrected chi connectivity index (χ3v) is 2.13. The van der Waals surface area contributed by atoms with Crippen LogP contribution in [0.5, 0.6) is 0 Å². The summed E-state index contributed by atoms with van der Waals surface area (Å²) in [7, 11) is 0. The maximum absolute atomic E-state index is 11.4. The van der Waals surface area contributed by atoms with Gasteiger partial charge in [0.15, 0.2) is 0 Å². The van der Waals surface area contributed by atoms with Gasteiger partial charge < -0.3 is 5.32 Å². The van der Waals surface area contributed by atoms with Crippen LogP contribution < -0.4 is 5.32 Å². The number of hydrogen-bond donors (Lipinski definition) is 1. The van der Waals surface area contributed by atoms with Crippen molar-refractivity contribution in [3.05, 3.63) is 17.5 Å². The molecule has 70 valence electrons. The van der Waals surface area contributed by atoms with Crippen LogP contribution >= 0.6 is 0 Å². The summed E-state index contributed by atoms with van der Waals surface area (Å²) in [5.41, 5.74) is 1.59. The average molecular weight is 179 g/mol. The van der Waals surface area contributed by atoms with E-state index in [0.717, 1.165) is 5.56 Å². The van der Waals surface area contributed by atoms with Gasteiger partial charge >= 0.3 is 0 Å². The zero-order valence-corrected chi connectivity index (χ0v) is 8.09. The molecule has 13 heavy (non-hydrogen) atoms. The Kier molecular flexibility index (Phi) is 1.49. The first-order valence-electron chi connectivity index (χ1n) is 4.36. The van der Waals surface area contributed by atoms with Gasteiger partial charge in [0.1, 0.15) is 5.69 Å². The van der Waals surface area contributed by atoms with Crippen molar-refractivity contribution in [1.82, 2.24) is 15.1 Å². The lowest BCUT2D eigenvalue weighted by Crippen LogP contribution is -2.28.